The predicted molar refractivity (Wildman–Crippen MR) is 57.5 cm³/mol. The Balaban J connectivity index is 2.11. The molecule has 1 aliphatic rings. The Morgan fingerprint density at radius 1 is 1.50 bits per heavy atom. The standard InChI is InChI=1S/C12H17NO/c1-8(13)11-7-12(11)9-4-3-5-10(6-9)14-2/h3-6,8,11-12H,7,13H2,1-2H3/t8-,11+,12+/m0/s1. The van der Waals surface area contributed by atoms with Gasteiger partial charge < -0.3 is 10.5 Å². The van der Waals surface area contributed by atoms with Gasteiger partial charge in [-0.2, -0.15) is 0 Å². The summed E-state index contributed by atoms with van der Waals surface area (Å²) < 4.78 is 5.20. The van der Waals surface area contributed by atoms with Gasteiger partial charge in [0.05, 0.1) is 7.11 Å². The van der Waals surface area contributed by atoms with Crippen molar-refractivity contribution in [2.45, 2.75) is 25.3 Å². The van der Waals surface area contributed by atoms with Gasteiger partial charge in [0.15, 0.2) is 0 Å². The Kier molecular flexibility index (Phi) is 2.46. The Hall–Kier alpha value is -1.02. The highest BCUT2D eigenvalue weighted by Gasteiger charge is 2.40. The van der Waals surface area contributed by atoms with Gasteiger partial charge in [0.1, 0.15) is 5.75 Å². The summed E-state index contributed by atoms with van der Waals surface area (Å²) in [5.74, 6) is 2.27. The highest BCUT2D eigenvalue weighted by atomic mass is 16.5. The third-order valence-electron chi connectivity index (χ3n) is 3.04. The Bertz CT molecular complexity index is 322. The van der Waals surface area contributed by atoms with Crippen LogP contribution in [0.2, 0.25) is 0 Å². The zero-order valence-corrected chi connectivity index (χ0v) is 8.73. The van der Waals surface area contributed by atoms with Crippen LogP contribution in [0.5, 0.6) is 5.75 Å². The summed E-state index contributed by atoms with van der Waals surface area (Å²) in [5.41, 5.74) is 7.23. The number of methoxy groups -OCH3 is 1. The molecule has 0 amide bonds. The smallest absolute Gasteiger partial charge is 0.119 e. The maximum Gasteiger partial charge on any atom is 0.119 e. The molecule has 1 fully saturated rings. The van der Waals surface area contributed by atoms with Gasteiger partial charge in [0.2, 0.25) is 0 Å². The van der Waals surface area contributed by atoms with Crippen molar-refractivity contribution in [3.63, 3.8) is 0 Å². The van der Waals surface area contributed by atoms with Gasteiger partial charge in [0, 0.05) is 6.04 Å². The molecule has 76 valence electrons. The van der Waals surface area contributed by atoms with Crippen molar-refractivity contribution in [2.24, 2.45) is 11.7 Å². The molecule has 0 heterocycles. The molecule has 1 saturated carbocycles. The molecular formula is C12H17NO. The zero-order chi connectivity index (χ0) is 10.1. The Morgan fingerprint density at radius 3 is 2.86 bits per heavy atom. The lowest BCUT2D eigenvalue weighted by Gasteiger charge is -2.05. The van der Waals surface area contributed by atoms with E-state index < -0.39 is 0 Å². The summed E-state index contributed by atoms with van der Waals surface area (Å²) in [6.07, 6.45) is 1.23. The molecule has 2 heteroatoms. The van der Waals surface area contributed by atoms with Crippen LogP contribution in [-0.2, 0) is 0 Å². The summed E-state index contributed by atoms with van der Waals surface area (Å²) in [7, 11) is 1.70. The second kappa shape index (κ2) is 3.62. The topological polar surface area (TPSA) is 35.2 Å². The minimum atomic E-state index is 0.311. The van der Waals surface area contributed by atoms with Crippen LogP contribution in [0, 0.1) is 5.92 Å². The lowest BCUT2D eigenvalue weighted by molar-refractivity contribution is 0.414. The average molecular weight is 191 g/mol. The summed E-state index contributed by atoms with van der Waals surface area (Å²) in [6.45, 7) is 2.09. The SMILES string of the molecule is COc1cccc([C@H]2C[C@@H]2[C@H](C)N)c1. The monoisotopic (exact) mass is 191 g/mol. The Labute approximate surface area is 85.1 Å². The van der Waals surface area contributed by atoms with Crippen molar-refractivity contribution < 1.29 is 4.74 Å². The number of nitrogens with two attached hydrogens (primary N) is 1. The van der Waals surface area contributed by atoms with Crippen LogP contribution in [0.15, 0.2) is 24.3 Å². The minimum absolute atomic E-state index is 0.311. The maximum absolute atomic E-state index is 5.86. The van der Waals surface area contributed by atoms with Crippen LogP contribution in [0.25, 0.3) is 0 Å². The van der Waals surface area contributed by atoms with Crippen molar-refractivity contribution in [1.82, 2.24) is 0 Å². The maximum atomic E-state index is 5.86. The predicted octanol–water partition coefficient (Wildman–Crippen LogP) is 2.15. The van der Waals surface area contributed by atoms with Gasteiger partial charge in [-0.3, -0.25) is 0 Å². The van der Waals surface area contributed by atoms with Crippen molar-refractivity contribution in [2.75, 3.05) is 7.11 Å². The third-order valence-corrected chi connectivity index (χ3v) is 3.04. The first kappa shape index (κ1) is 9.53. The van der Waals surface area contributed by atoms with Gasteiger partial charge in [-0.25, -0.2) is 0 Å². The third kappa shape index (κ3) is 1.75. The van der Waals surface area contributed by atoms with E-state index in [9.17, 15) is 0 Å². The van der Waals surface area contributed by atoms with Crippen LogP contribution in [0.1, 0.15) is 24.8 Å². The zero-order valence-electron chi connectivity index (χ0n) is 8.73. The molecule has 2 N–H and O–H groups in total. The minimum Gasteiger partial charge on any atom is -0.497 e. The Morgan fingerprint density at radius 2 is 2.29 bits per heavy atom. The number of ether oxygens (including phenoxy) is 1. The van der Waals surface area contributed by atoms with E-state index in [0.29, 0.717) is 17.9 Å². The molecule has 3 atom stereocenters. The van der Waals surface area contributed by atoms with Crippen LogP contribution < -0.4 is 10.5 Å². The first-order valence-electron chi connectivity index (χ1n) is 5.12. The fourth-order valence-corrected chi connectivity index (χ4v) is 2.05. The van der Waals surface area contributed by atoms with Crippen molar-refractivity contribution >= 4 is 0 Å². The molecule has 1 aromatic rings. The summed E-state index contributed by atoms with van der Waals surface area (Å²) in [5, 5.41) is 0. The van der Waals surface area contributed by atoms with E-state index in [4.69, 9.17) is 10.5 Å². The molecule has 1 aromatic carbocycles. The van der Waals surface area contributed by atoms with Gasteiger partial charge in [-0.15, -0.1) is 0 Å². The second-order valence-corrected chi connectivity index (χ2v) is 4.14. The largest absolute Gasteiger partial charge is 0.497 e. The van der Waals surface area contributed by atoms with Gasteiger partial charge in [0.25, 0.3) is 0 Å². The van der Waals surface area contributed by atoms with Crippen molar-refractivity contribution in [1.29, 1.82) is 0 Å². The van der Waals surface area contributed by atoms with E-state index >= 15 is 0 Å². The quantitative estimate of drug-likeness (QED) is 0.794. The fraction of sp³-hybridized carbons (Fsp3) is 0.500. The molecule has 0 spiro atoms. The lowest BCUT2D eigenvalue weighted by atomic mass is 10.1. The summed E-state index contributed by atoms with van der Waals surface area (Å²) in [4.78, 5) is 0. The molecule has 2 nitrogen and oxygen atoms in total. The van der Waals surface area contributed by atoms with Crippen molar-refractivity contribution in [3.8, 4) is 5.75 Å². The molecule has 0 aliphatic heterocycles. The van der Waals surface area contributed by atoms with Crippen LogP contribution in [0.4, 0.5) is 0 Å². The van der Waals surface area contributed by atoms with Gasteiger partial charge in [-0.1, -0.05) is 12.1 Å². The van der Waals surface area contributed by atoms with E-state index in [2.05, 4.69) is 19.1 Å². The average Bonchev–Trinajstić information content (AvgIpc) is 2.97. The highest BCUT2D eigenvalue weighted by molar-refractivity contribution is 5.34. The van der Waals surface area contributed by atoms with E-state index in [0.717, 1.165) is 5.75 Å². The molecule has 0 saturated heterocycles. The summed E-state index contributed by atoms with van der Waals surface area (Å²) >= 11 is 0. The molecular weight excluding hydrogens is 174 g/mol. The van der Waals surface area contributed by atoms with Gasteiger partial charge >= 0.3 is 0 Å². The van der Waals surface area contributed by atoms with E-state index in [-0.39, 0.29) is 0 Å². The number of hydrogen-bond acceptors (Lipinski definition) is 2. The van der Waals surface area contributed by atoms with Gasteiger partial charge in [-0.05, 0) is 42.9 Å². The van der Waals surface area contributed by atoms with Crippen molar-refractivity contribution in [3.05, 3.63) is 29.8 Å². The van der Waals surface area contributed by atoms with Crippen LogP contribution >= 0.6 is 0 Å². The van der Waals surface area contributed by atoms with E-state index in [1.54, 1.807) is 7.11 Å². The second-order valence-electron chi connectivity index (χ2n) is 4.14. The number of hydrogen-bond donors (Lipinski definition) is 1. The van der Waals surface area contributed by atoms with Crippen LogP contribution in [0.3, 0.4) is 0 Å². The molecule has 0 unspecified atom stereocenters. The van der Waals surface area contributed by atoms with Crippen LogP contribution in [-0.4, -0.2) is 13.2 Å². The molecule has 0 radical (unpaired) electrons. The van der Waals surface area contributed by atoms with E-state index in [1.807, 2.05) is 12.1 Å². The molecule has 2 rings (SSSR count). The molecule has 14 heavy (non-hydrogen) atoms. The molecule has 0 bridgehead atoms. The van der Waals surface area contributed by atoms with E-state index in [1.165, 1.54) is 12.0 Å². The first-order valence-corrected chi connectivity index (χ1v) is 5.12. The normalized spacial score (nSPS) is 27.1. The highest BCUT2D eigenvalue weighted by Crippen LogP contribution is 2.49. The number of benzene rings is 1. The fourth-order valence-electron chi connectivity index (χ4n) is 2.05. The molecule has 0 aromatic heterocycles. The lowest BCUT2D eigenvalue weighted by Crippen LogP contribution is -2.17. The first-order chi connectivity index (χ1) is 6.72. The molecule has 1 aliphatic carbocycles. The number of rotatable bonds is 3. The summed E-state index contributed by atoms with van der Waals surface area (Å²) in [6, 6.07) is 8.62.